The van der Waals surface area contributed by atoms with Gasteiger partial charge in [0.25, 0.3) is 0 Å². The molecule has 1 fully saturated rings. The number of rotatable bonds is 8. The minimum atomic E-state index is -4.50. The van der Waals surface area contributed by atoms with E-state index in [1.807, 2.05) is 55.5 Å². The highest BCUT2D eigenvalue weighted by molar-refractivity contribution is 5.87. The number of esters is 1. The Bertz CT molecular complexity index is 1590. The number of alkyl halides is 3. The first-order valence-corrected chi connectivity index (χ1v) is 13.4. The largest absolute Gasteiger partial charge is 0.468 e. The molecule has 1 aliphatic carbocycles. The first kappa shape index (κ1) is 28.8. The normalized spacial score (nSPS) is 14.6. The SMILES string of the molecule is CCc1nnn(-c2ccc(-c3ccc(C4(C(=O)OC)CC4)cc3)cc2)c1NC(=O)OC(C)c1cccc(C(F)(F)F)c1. The van der Waals surface area contributed by atoms with Crippen LogP contribution in [0.2, 0.25) is 0 Å². The number of methoxy groups -OCH3 is 1. The average molecular weight is 579 g/mol. The highest BCUT2D eigenvalue weighted by atomic mass is 19.4. The lowest BCUT2D eigenvalue weighted by Gasteiger charge is -2.16. The second-order valence-electron chi connectivity index (χ2n) is 10.1. The van der Waals surface area contributed by atoms with E-state index >= 15 is 0 Å². The van der Waals surface area contributed by atoms with Crippen LogP contribution in [-0.2, 0) is 32.3 Å². The zero-order chi connectivity index (χ0) is 30.1. The lowest BCUT2D eigenvalue weighted by molar-refractivity contribution is -0.143. The fourth-order valence-electron chi connectivity index (χ4n) is 4.89. The highest BCUT2D eigenvalue weighted by Crippen LogP contribution is 2.49. The molecule has 1 heterocycles. The van der Waals surface area contributed by atoms with Gasteiger partial charge in [-0.3, -0.25) is 10.1 Å². The Kier molecular flexibility index (Phi) is 7.77. The van der Waals surface area contributed by atoms with Gasteiger partial charge in [0, 0.05) is 0 Å². The summed E-state index contributed by atoms with van der Waals surface area (Å²) in [5.74, 6) is 0.0886. The second kappa shape index (κ2) is 11.3. The van der Waals surface area contributed by atoms with Gasteiger partial charge < -0.3 is 9.47 Å². The average Bonchev–Trinajstić information content (AvgIpc) is 3.71. The van der Waals surface area contributed by atoms with Crippen LogP contribution in [0.25, 0.3) is 16.8 Å². The van der Waals surface area contributed by atoms with Gasteiger partial charge in [-0.2, -0.15) is 17.9 Å². The van der Waals surface area contributed by atoms with E-state index < -0.39 is 29.4 Å². The first-order valence-electron chi connectivity index (χ1n) is 13.4. The Hall–Kier alpha value is -4.67. The van der Waals surface area contributed by atoms with E-state index in [1.165, 1.54) is 30.8 Å². The minimum Gasteiger partial charge on any atom is -0.468 e. The molecule has 5 rings (SSSR count). The predicted molar refractivity (Wildman–Crippen MR) is 149 cm³/mol. The maximum atomic E-state index is 13.1. The molecule has 0 aliphatic heterocycles. The summed E-state index contributed by atoms with van der Waals surface area (Å²) < 4.78 is 51.1. The van der Waals surface area contributed by atoms with Crippen molar-refractivity contribution in [3.05, 3.63) is 95.2 Å². The number of aromatic nitrogens is 3. The Labute approximate surface area is 240 Å². The van der Waals surface area contributed by atoms with Crippen LogP contribution in [0.15, 0.2) is 72.8 Å². The quantitative estimate of drug-likeness (QED) is 0.226. The number of aryl methyl sites for hydroxylation is 1. The van der Waals surface area contributed by atoms with Crippen LogP contribution >= 0.6 is 0 Å². The lowest BCUT2D eigenvalue weighted by Crippen LogP contribution is -2.21. The molecule has 218 valence electrons. The predicted octanol–water partition coefficient (Wildman–Crippen LogP) is 7.03. The molecule has 42 heavy (non-hydrogen) atoms. The van der Waals surface area contributed by atoms with Gasteiger partial charge in [0.05, 0.1) is 23.8 Å². The minimum absolute atomic E-state index is 0.211. The van der Waals surface area contributed by atoms with Crippen molar-refractivity contribution >= 4 is 17.9 Å². The molecule has 0 radical (unpaired) electrons. The van der Waals surface area contributed by atoms with E-state index in [4.69, 9.17) is 9.47 Å². The molecule has 0 bridgehead atoms. The number of anilines is 1. The van der Waals surface area contributed by atoms with Crippen LogP contribution in [0, 0.1) is 0 Å². The molecule has 0 spiro atoms. The van der Waals surface area contributed by atoms with Crippen molar-refractivity contribution in [3.8, 4) is 16.8 Å². The molecule has 1 aromatic heterocycles. The zero-order valence-corrected chi connectivity index (χ0v) is 23.2. The standard InChI is InChI=1S/C31H29F3N4O4/c1-4-26-27(35-29(40)42-19(2)22-6-5-7-24(18-22)31(32,33)34)38(37-36-26)25-14-10-21(11-15-25)20-8-12-23(13-9-20)30(16-17-30)28(39)41-3/h5-15,18-19H,4,16-17H2,1-3H3,(H,35,40). The molecule has 4 aromatic rings. The third-order valence-corrected chi connectivity index (χ3v) is 7.47. The van der Waals surface area contributed by atoms with Gasteiger partial charge in [-0.15, -0.1) is 5.10 Å². The number of nitrogens with zero attached hydrogens (tertiary/aromatic N) is 3. The molecular formula is C31H29F3N4O4. The van der Waals surface area contributed by atoms with Gasteiger partial charge in [-0.1, -0.05) is 60.7 Å². The number of carbonyl (C=O) groups excluding carboxylic acids is 2. The Morgan fingerprint density at radius 3 is 2.24 bits per heavy atom. The summed E-state index contributed by atoms with van der Waals surface area (Å²) in [6, 6.07) is 20.0. The molecule has 11 heteroatoms. The molecule has 3 aromatic carbocycles. The number of ether oxygens (including phenoxy) is 2. The van der Waals surface area contributed by atoms with E-state index in [2.05, 4.69) is 15.6 Å². The number of hydrogen-bond donors (Lipinski definition) is 1. The van der Waals surface area contributed by atoms with Gasteiger partial charge in [0.1, 0.15) is 11.8 Å². The third kappa shape index (κ3) is 5.72. The summed E-state index contributed by atoms with van der Waals surface area (Å²) in [5.41, 5.74) is 2.84. The molecule has 8 nitrogen and oxygen atoms in total. The number of halogens is 3. The summed E-state index contributed by atoms with van der Waals surface area (Å²) >= 11 is 0. The number of benzene rings is 3. The first-order chi connectivity index (χ1) is 20.1. The third-order valence-electron chi connectivity index (χ3n) is 7.47. The Morgan fingerprint density at radius 1 is 1.02 bits per heavy atom. The van der Waals surface area contributed by atoms with Crippen LogP contribution in [0.4, 0.5) is 23.8 Å². The molecule has 0 saturated heterocycles. The maximum Gasteiger partial charge on any atom is 0.416 e. The van der Waals surface area contributed by atoms with Gasteiger partial charge >= 0.3 is 18.2 Å². The molecule has 1 amide bonds. The van der Waals surface area contributed by atoms with Crippen molar-refractivity contribution < 1.29 is 32.2 Å². The molecular weight excluding hydrogens is 549 g/mol. The summed E-state index contributed by atoms with van der Waals surface area (Å²) in [7, 11) is 1.40. The summed E-state index contributed by atoms with van der Waals surface area (Å²) in [6.07, 6.45) is -4.27. The topological polar surface area (TPSA) is 95.3 Å². The molecule has 1 unspecified atom stereocenters. The Balaban J connectivity index is 1.30. The van der Waals surface area contributed by atoms with E-state index in [0.29, 0.717) is 23.6 Å². The molecule has 1 saturated carbocycles. The molecule has 1 atom stereocenters. The van der Waals surface area contributed by atoms with Crippen LogP contribution in [0.5, 0.6) is 0 Å². The fourth-order valence-corrected chi connectivity index (χ4v) is 4.89. The Morgan fingerprint density at radius 2 is 1.67 bits per heavy atom. The van der Waals surface area contributed by atoms with Gasteiger partial charge in [0.15, 0.2) is 5.82 Å². The van der Waals surface area contributed by atoms with Crippen LogP contribution in [0.3, 0.4) is 0 Å². The van der Waals surface area contributed by atoms with E-state index in [9.17, 15) is 22.8 Å². The summed E-state index contributed by atoms with van der Waals surface area (Å²) in [4.78, 5) is 25.0. The number of nitrogens with one attached hydrogen (secondary N) is 1. The summed E-state index contributed by atoms with van der Waals surface area (Å²) in [6.45, 7) is 3.35. The monoisotopic (exact) mass is 578 g/mol. The van der Waals surface area contributed by atoms with E-state index in [-0.39, 0.29) is 11.5 Å². The van der Waals surface area contributed by atoms with Crippen molar-refractivity contribution in [3.63, 3.8) is 0 Å². The van der Waals surface area contributed by atoms with Crippen molar-refractivity contribution in [2.45, 2.75) is 50.8 Å². The number of amides is 1. The van der Waals surface area contributed by atoms with Crippen molar-refractivity contribution in [2.24, 2.45) is 0 Å². The lowest BCUT2D eigenvalue weighted by atomic mass is 9.94. The fraction of sp³-hybridized carbons (Fsp3) is 0.290. The zero-order valence-electron chi connectivity index (χ0n) is 23.2. The van der Waals surface area contributed by atoms with Gasteiger partial charge in [-0.05, 0) is 72.7 Å². The van der Waals surface area contributed by atoms with Crippen LogP contribution in [-0.4, -0.2) is 34.2 Å². The molecule has 1 N–H and O–H groups in total. The van der Waals surface area contributed by atoms with E-state index in [0.717, 1.165) is 41.7 Å². The molecule has 1 aliphatic rings. The van der Waals surface area contributed by atoms with Crippen molar-refractivity contribution in [1.29, 1.82) is 0 Å². The van der Waals surface area contributed by atoms with Crippen molar-refractivity contribution in [1.82, 2.24) is 15.0 Å². The second-order valence-corrected chi connectivity index (χ2v) is 10.1. The number of carbonyl (C=O) groups is 2. The maximum absolute atomic E-state index is 13.1. The van der Waals surface area contributed by atoms with Crippen LogP contribution < -0.4 is 5.32 Å². The number of hydrogen-bond acceptors (Lipinski definition) is 6. The van der Waals surface area contributed by atoms with Gasteiger partial charge in [-0.25, -0.2) is 4.79 Å². The highest BCUT2D eigenvalue weighted by Gasteiger charge is 2.52. The van der Waals surface area contributed by atoms with Crippen LogP contribution in [0.1, 0.15) is 55.2 Å². The van der Waals surface area contributed by atoms with Crippen molar-refractivity contribution in [2.75, 3.05) is 12.4 Å². The van der Waals surface area contributed by atoms with Gasteiger partial charge in [0.2, 0.25) is 0 Å². The summed E-state index contributed by atoms with van der Waals surface area (Å²) in [5, 5.41) is 11.0. The smallest absolute Gasteiger partial charge is 0.416 e. The van der Waals surface area contributed by atoms with E-state index in [1.54, 1.807) is 0 Å².